The Labute approximate surface area is 152 Å². The fourth-order valence-corrected chi connectivity index (χ4v) is 3.37. The van der Waals surface area contributed by atoms with Crippen LogP contribution in [0, 0.1) is 10.1 Å². The molecule has 1 saturated heterocycles. The number of ether oxygens (including phenoxy) is 1. The molecule has 0 aromatic heterocycles. The van der Waals surface area contributed by atoms with Crippen LogP contribution in [0.2, 0.25) is 0 Å². The van der Waals surface area contributed by atoms with E-state index in [4.69, 9.17) is 4.74 Å². The van der Waals surface area contributed by atoms with Gasteiger partial charge in [-0.1, -0.05) is 42.5 Å². The van der Waals surface area contributed by atoms with Crippen molar-refractivity contribution in [3.05, 3.63) is 75.8 Å². The maximum Gasteiger partial charge on any atom is 0.269 e. The van der Waals surface area contributed by atoms with Gasteiger partial charge in [0.1, 0.15) is 0 Å². The van der Waals surface area contributed by atoms with E-state index in [9.17, 15) is 14.9 Å². The van der Waals surface area contributed by atoms with Gasteiger partial charge in [0.25, 0.3) is 5.69 Å². The molecule has 2 aromatic rings. The third-order valence-corrected chi connectivity index (χ3v) is 4.97. The fraction of sp³-hybridized carbons (Fsp3) is 0.350. The van der Waals surface area contributed by atoms with E-state index in [-0.39, 0.29) is 23.4 Å². The van der Waals surface area contributed by atoms with Crippen LogP contribution in [0.15, 0.2) is 54.6 Å². The van der Waals surface area contributed by atoms with Crippen molar-refractivity contribution in [1.29, 1.82) is 0 Å². The van der Waals surface area contributed by atoms with Gasteiger partial charge in [0.05, 0.1) is 11.3 Å². The molecule has 1 amide bonds. The topological polar surface area (TPSA) is 81.5 Å². The van der Waals surface area contributed by atoms with Crippen LogP contribution in [0.1, 0.15) is 24.0 Å². The molecule has 3 rings (SSSR count). The highest BCUT2D eigenvalue weighted by atomic mass is 16.6. The van der Waals surface area contributed by atoms with Gasteiger partial charge in [0.2, 0.25) is 5.91 Å². The summed E-state index contributed by atoms with van der Waals surface area (Å²) in [6, 6.07) is 16.3. The lowest BCUT2D eigenvalue weighted by Gasteiger charge is -2.38. The number of hydrogen-bond acceptors (Lipinski definition) is 4. The smallest absolute Gasteiger partial charge is 0.269 e. The second-order valence-electron chi connectivity index (χ2n) is 6.64. The lowest BCUT2D eigenvalue weighted by molar-refractivity contribution is -0.384. The molecule has 1 fully saturated rings. The predicted molar refractivity (Wildman–Crippen MR) is 98.0 cm³/mol. The molecule has 1 aliphatic heterocycles. The Hall–Kier alpha value is -2.73. The second kappa shape index (κ2) is 8.10. The van der Waals surface area contributed by atoms with Crippen LogP contribution in [0.4, 0.5) is 5.69 Å². The largest absolute Gasteiger partial charge is 0.381 e. The van der Waals surface area contributed by atoms with Crippen molar-refractivity contribution in [2.24, 2.45) is 0 Å². The van der Waals surface area contributed by atoms with Gasteiger partial charge in [-0.2, -0.15) is 0 Å². The lowest BCUT2D eigenvalue weighted by Crippen LogP contribution is -2.45. The van der Waals surface area contributed by atoms with Crippen LogP contribution >= 0.6 is 0 Å². The number of nitro groups is 1. The van der Waals surface area contributed by atoms with E-state index >= 15 is 0 Å². The number of hydrogen-bond donors (Lipinski definition) is 1. The van der Waals surface area contributed by atoms with Crippen molar-refractivity contribution < 1.29 is 14.5 Å². The number of non-ortho nitro benzene ring substituents is 1. The van der Waals surface area contributed by atoms with E-state index in [0.29, 0.717) is 19.8 Å². The highest BCUT2D eigenvalue weighted by molar-refractivity contribution is 5.78. The fourth-order valence-electron chi connectivity index (χ4n) is 3.37. The van der Waals surface area contributed by atoms with Gasteiger partial charge in [-0.25, -0.2) is 0 Å². The molecule has 6 heteroatoms. The van der Waals surface area contributed by atoms with Crippen molar-refractivity contribution >= 4 is 11.6 Å². The first-order valence-corrected chi connectivity index (χ1v) is 8.72. The maximum absolute atomic E-state index is 12.4. The Morgan fingerprint density at radius 2 is 1.73 bits per heavy atom. The summed E-state index contributed by atoms with van der Waals surface area (Å²) in [6.07, 6.45) is 1.95. The number of nitrogens with zero attached hydrogens (tertiary/aromatic N) is 1. The first-order valence-electron chi connectivity index (χ1n) is 8.72. The van der Waals surface area contributed by atoms with Crippen molar-refractivity contribution in [3.63, 3.8) is 0 Å². The number of carbonyl (C=O) groups excluding carboxylic acids is 1. The third-order valence-electron chi connectivity index (χ3n) is 4.97. The number of carbonyl (C=O) groups is 1. The molecule has 0 bridgehead atoms. The van der Waals surface area contributed by atoms with Crippen LogP contribution in [0.25, 0.3) is 0 Å². The van der Waals surface area contributed by atoms with Crippen LogP contribution in [-0.2, 0) is 21.4 Å². The zero-order valence-electron chi connectivity index (χ0n) is 14.5. The van der Waals surface area contributed by atoms with Gasteiger partial charge in [0, 0.05) is 37.3 Å². The summed E-state index contributed by atoms with van der Waals surface area (Å²) in [5, 5.41) is 13.7. The van der Waals surface area contributed by atoms with Gasteiger partial charge in [-0.3, -0.25) is 14.9 Å². The molecule has 0 radical (unpaired) electrons. The van der Waals surface area contributed by atoms with Crippen molar-refractivity contribution in [2.45, 2.75) is 24.7 Å². The maximum atomic E-state index is 12.4. The summed E-state index contributed by atoms with van der Waals surface area (Å²) in [6.45, 7) is 1.94. The molecule has 136 valence electrons. The summed E-state index contributed by atoms with van der Waals surface area (Å²) >= 11 is 0. The standard InChI is InChI=1S/C20H22N2O4/c23-19(14-16-6-8-18(9-7-16)22(24)25)21-15-20(10-12-26-13-11-20)17-4-2-1-3-5-17/h1-9H,10-15H2,(H,21,23). The molecule has 26 heavy (non-hydrogen) atoms. The quantitative estimate of drug-likeness (QED) is 0.639. The minimum absolute atomic E-state index is 0.0272. The highest BCUT2D eigenvalue weighted by Crippen LogP contribution is 2.34. The molecule has 1 aliphatic rings. The van der Waals surface area contributed by atoms with Crippen LogP contribution in [0.3, 0.4) is 0 Å². The molecular formula is C20H22N2O4. The van der Waals surface area contributed by atoms with Gasteiger partial charge in [-0.15, -0.1) is 0 Å². The summed E-state index contributed by atoms with van der Waals surface area (Å²) < 4.78 is 5.51. The highest BCUT2D eigenvalue weighted by Gasteiger charge is 2.34. The molecule has 1 N–H and O–H groups in total. The number of benzene rings is 2. The molecule has 0 unspecified atom stereocenters. The van der Waals surface area contributed by atoms with E-state index in [1.165, 1.54) is 17.7 Å². The van der Waals surface area contributed by atoms with E-state index in [0.717, 1.165) is 18.4 Å². The average molecular weight is 354 g/mol. The predicted octanol–water partition coefficient (Wildman–Crippen LogP) is 3.00. The molecule has 2 aromatic carbocycles. The number of nitrogens with one attached hydrogen (secondary N) is 1. The van der Waals surface area contributed by atoms with Gasteiger partial charge in [0.15, 0.2) is 0 Å². The van der Waals surface area contributed by atoms with Crippen molar-refractivity contribution in [1.82, 2.24) is 5.32 Å². The molecule has 0 saturated carbocycles. The molecule has 0 atom stereocenters. The molecule has 1 heterocycles. The second-order valence-corrected chi connectivity index (χ2v) is 6.64. The molecule has 0 aliphatic carbocycles. The number of amides is 1. The monoisotopic (exact) mass is 354 g/mol. The Balaban J connectivity index is 1.63. The van der Waals surface area contributed by atoms with Crippen LogP contribution < -0.4 is 5.32 Å². The van der Waals surface area contributed by atoms with Crippen LogP contribution in [-0.4, -0.2) is 30.6 Å². The van der Waals surface area contributed by atoms with Crippen molar-refractivity contribution in [3.8, 4) is 0 Å². The van der Waals surface area contributed by atoms with Gasteiger partial charge < -0.3 is 10.1 Å². The Morgan fingerprint density at radius 1 is 1.08 bits per heavy atom. The minimum atomic E-state index is -0.446. The Bertz CT molecular complexity index is 753. The van der Waals surface area contributed by atoms with E-state index in [1.54, 1.807) is 12.1 Å². The average Bonchev–Trinajstić information content (AvgIpc) is 2.68. The zero-order chi connectivity index (χ0) is 18.4. The minimum Gasteiger partial charge on any atom is -0.381 e. The summed E-state index contributed by atoms with van der Waals surface area (Å²) in [5.74, 6) is -0.0827. The molecular weight excluding hydrogens is 332 g/mol. The Morgan fingerprint density at radius 3 is 2.35 bits per heavy atom. The summed E-state index contributed by atoms with van der Waals surface area (Å²) in [7, 11) is 0. The van der Waals surface area contributed by atoms with E-state index < -0.39 is 4.92 Å². The zero-order valence-corrected chi connectivity index (χ0v) is 14.5. The first-order chi connectivity index (χ1) is 12.6. The lowest BCUT2D eigenvalue weighted by atomic mass is 9.74. The van der Waals surface area contributed by atoms with Gasteiger partial charge in [-0.05, 0) is 24.0 Å². The van der Waals surface area contributed by atoms with Gasteiger partial charge >= 0.3 is 0 Å². The summed E-state index contributed by atoms with van der Waals surface area (Å²) in [5.41, 5.74) is 1.90. The number of nitro benzene ring substituents is 1. The molecule has 0 spiro atoms. The normalized spacial score (nSPS) is 16.0. The SMILES string of the molecule is O=C(Cc1ccc([N+](=O)[O-])cc1)NCC1(c2ccccc2)CCOCC1. The Kier molecular flexibility index (Phi) is 5.63. The first kappa shape index (κ1) is 18.1. The van der Waals surface area contributed by atoms with E-state index in [2.05, 4.69) is 17.4 Å². The number of rotatable bonds is 6. The third kappa shape index (κ3) is 4.26. The van der Waals surface area contributed by atoms with E-state index in [1.807, 2.05) is 18.2 Å². The molecule has 6 nitrogen and oxygen atoms in total. The summed E-state index contributed by atoms with van der Waals surface area (Å²) in [4.78, 5) is 22.6. The van der Waals surface area contributed by atoms with Crippen LogP contribution in [0.5, 0.6) is 0 Å². The van der Waals surface area contributed by atoms with Crippen molar-refractivity contribution in [2.75, 3.05) is 19.8 Å².